The van der Waals surface area contributed by atoms with Crippen LogP contribution >= 0.6 is 11.3 Å². The highest BCUT2D eigenvalue weighted by atomic mass is 32.1. The molecule has 2 atom stereocenters. The van der Waals surface area contributed by atoms with Gasteiger partial charge in [-0.2, -0.15) is 0 Å². The van der Waals surface area contributed by atoms with Crippen LogP contribution in [0.3, 0.4) is 0 Å². The second-order valence-corrected chi connectivity index (χ2v) is 7.86. The maximum absolute atomic E-state index is 4.56. The highest BCUT2D eigenvalue weighted by molar-refractivity contribution is 7.09. The molecule has 4 heteroatoms. The molecule has 4 aromatic rings. The first kappa shape index (κ1) is 17.0. The van der Waals surface area contributed by atoms with E-state index in [4.69, 9.17) is 0 Å². The molecular weight excluding hydrogens is 338 g/mol. The summed E-state index contributed by atoms with van der Waals surface area (Å²) in [7, 11) is 0. The number of rotatable bonds is 5. The number of nitrogens with zero attached hydrogens (tertiary/aromatic N) is 1. The van der Waals surface area contributed by atoms with Crippen LogP contribution in [0.2, 0.25) is 0 Å². The van der Waals surface area contributed by atoms with Crippen molar-refractivity contribution in [2.24, 2.45) is 0 Å². The lowest BCUT2D eigenvalue weighted by Gasteiger charge is -2.20. The van der Waals surface area contributed by atoms with Gasteiger partial charge < -0.3 is 10.3 Å². The SMILES string of the molecule is Cc1nc(-c2ccc(C(C)NC(C)c3cc4ccccc4[nH]3)cc2)cs1. The van der Waals surface area contributed by atoms with Crippen molar-refractivity contribution >= 4 is 22.2 Å². The molecule has 4 rings (SSSR count). The number of aryl methyl sites for hydroxylation is 1. The summed E-state index contributed by atoms with van der Waals surface area (Å²) in [6.07, 6.45) is 0. The number of hydrogen-bond acceptors (Lipinski definition) is 3. The number of para-hydroxylation sites is 1. The largest absolute Gasteiger partial charge is 0.357 e. The van der Waals surface area contributed by atoms with Gasteiger partial charge in [-0.25, -0.2) is 4.98 Å². The Morgan fingerprint density at radius 2 is 1.77 bits per heavy atom. The molecule has 26 heavy (non-hydrogen) atoms. The molecular formula is C22H23N3S. The molecule has 0 saturated heterocycles. The molecule has 2 unspecified atom stereocenters. The van der Waals surface area contributed by atoms with Gasteiger partial charge in [0, 0.05) is 34.2 Å². The first-order chi connectivity index (χ1) is 12.6. The van der Waals surface area contributed by atoms with Crippen LogP contribution in [0.1, 0.15) is 42.2 Å². The van der Waals surface area contributed by atoms with Gasteiger partial charge in [0.15, 0.2) is 0 Å². The average Bonchev–Trinajstić information content (AvgIpc) is 3.28. The van der Waals surface area contributed by atoms with Crippen molar-refractivity contribution < 1.29 is 0 Å². The van der Waals surface area contributed by atoms with Gasteiger partial charge in [0.1, 0.15) is 0 Å². The standard InChI is InChI=1S/C22H23N3S/c1-14(17-8-10-18(11-9-17)22-13-26-16(3)24-22)23-15(2)21-12-19-6-4-5-7-20(19)25-21/h4-15,23,25H,1-3H3. The molecule has 0 bridgehead atoms. The van der Waals surface area contributed by atoms with Crippen LogP contribution in [-0.4, -0.2) is 9.97 Å². The van der Waals surface area contributed by atoms with Gasteiger partial charge in [-0.3, -0.25) is 0 Å². The van der Waals surface area contributed by atoms with Crippen molar-refractivity contribution in [2.45, 2.75) is 32.9 Å². The molecule has 0 radical (unpaired) electrons. The summed E-state index contributed by atoms with van der Waals surface area (Å²) in [5, 5.41) is 8.17. The topological polar surface area (TPSA) is 40.7 Å². The molecule has 0 spiro atoms. The Kier molecular flexibility index (Phi) is 4.62. The minimum Gasteiger partial charge on any atom is -0.357 e. The Hall–Kier alpha value is -2.43. The van der Waals surface area contributed by atoms with Crippen molar-refractivity contribution in [3.8, 4) is 11.3 Å². The summed E-state index contributed by atoms with van der Waals surface area (Å²) in [5.41, 5.74) is 5.92. The molecule has 0 aliphatic carbocycles. The maximum atomic E-state index is 4.56. The quantitative estimate of drug-likeness (QED) is 0.457. The molecule has 0 aliphatic heterocycles. The molecule has 132 valence electrons. The lowest BCUT2D eigenvalue weighted by atomic mass is 10.0. The first-order valence-electron chi connectivity index (χ1n) is 8.96. The van der Waals surface area contributed by atoms with E-state index in [2.05, 4.69) is 89.1 Å². The van der Waals surface area contributed by atoms with Crippen LogP contribution in [0.15, 0.2) is 60.0 Å². The minimum absolute atomic E-state index is 0.248. The number of hydrogen-bond donors (Lipinski definition) is 2. The molecule has 2 aromatic carbocycles. The lowest BCUT2D eigenvalue weighted by Crippen LogP contribution is -2.22. The number of benzene rings is 2. The predicted molar refractivity (Wildman–Crippen MR) is 111 cm³/mol. The zero-order chi connectivity index (χ0) is 18.1. The third-order valence-corrected chi connectivity index (χ3v) is 5.62. The van der Waals surface area contributed by atoms with Crippen molar-refractivity contribution in [3.05, 3.63) is 76.2 Å². The first-order valence-corrected chi connectivity index (χ1v) is 9.84. The number of thiazole rings is 1. The van der Waals surface area contributed by atoms with E-state index in [1.807, 2.05) is 6.92 Å². The Morgan fingerprint density at radius 1 is 1.00 bits per heavy atom. The normalized spacial score (nSPS) is 13.8. The number of aromatic nitrogens is 2. The second kappa shape index (κ2) is 7.06. The van der Waals surface area contributed by atoms with Crippen LogP contribution < -0.4 is 5.32 Å². The van der Waals surface area contributed by atoms with Crippen molar-refractivity contribution in [1.29, 1.82) is 0 Å². The van der Waals surface area contributed by atoms with Gasteiger partial charge in [0.2, 0.25) is 0 Å². The minimum atomic E-state index is 0.248. The summed E-state index contributed by atoms with van der Waals surface area (Å²) < 4.78 is 0. The Labute approximate surface area is 158 Å². The summed E-state index contributed by atoms with van der Waals surface area (Å²) >= 11 is 1.69. The van der Waals surface area contributed by atoms with Gasteiger partial charge >= 0.3 is 0 Å². The zero-order valence-corrected chi connectivity index (χ0v) is 16.1. The Morgan fingerprint density at radius 3 is 2.46 bits per heavy atom. The second-order valence-electron chi connectivity index (χ2n) is 6.80. The van der Waals surface area contributed by atoms with E-state index in [0.29, 0.717) is 0 Å². The van der Waals surface area contributed by atoms with E-state index in [1.165, 1.54) is 27.7 Å². The fourth-order valence-electron chi connectivity index (χ4n) is 3.33. The maximum Gasteiger partial charge on any atom is 0.0901 e. The van der Waals surface area contributed by atoms with Gasteiger partial charge in [-0.15, -0.1) is 11.3 Å². The van der Waals surface area contributed by atoms with Crippen LogP contribution in [0.25, 0.3) is 22.2 Å². The average molecular weight is 362 g/mol. The fourth-order valence-corrected chi connectivity index (χ4v) is 3.95. The van der Waals surface area contributed by atoms with E-state index in [1.54, 1.807) is 11.3 Å². The van der Waals surface area contributed by atoms with E-state index < -0.39 is 0 Å². The number of H-pyrrole nitrogens is 1. The molecule has 2 heterocycles. The molecule has 0 amide bonds. The van der Waals surface area contributed by atoms with Gasteiger partial charge in [-0.05, 0) is 43.9 Å². The molecule has 2 N–H and O–H groups in total. The Bertz CT molecular complexity index is 980. The summed E-state index contributed by atoms with van der Waals surface area (Å²) in [6.45, 7) is 6.45. The highest BCUT2D eigenvalue weighted by Crippen LogP contribution is 2.26. The molecule has 2 aromatic heterocycles. The fraction of sp³-hybridized carbons (Fsp3) is 0.227. The van der Waals surface area contributed by atoms with Gasteiger partial charge in [0.05, 0.1) is 10.7 Å². The van der Waals surface area contributed by atoms with Crippen LogP contribution in [0, 0.1) is 6.92 Å². The van der Waals surface area contributed by atoms with E-state index in [0.717, 1.165) is 10.7 Å². The van der Waals surface area contributed by atoms with Crippen molar-refractivity contribution in [3.63, 3.8) is 0 Å². The molecule has 3 nitrogen and oxygen atoms in total. The third-order valence-electron chi connectivity index (χ3n) is 4.84. The predicted octanol–water partition coefficient (Wildman–Crippen LogP) is 6.01. The van der Waals surface area contributed by atoms with Crippen LogP contribution in [-0.2, 0) is 0 Å². The van der Waals surface area contributed by atoms with E-state index >= 15 is 0 Å². The van der Waals surface area contributed by atoms with Crippen molar-refractivity contribution in [2.75, 3.05) is 0 Å². The summed E-state index contributed by atoms with van der Waals surface area (Å²) in [5.74, 6) is 0. The third kappa shape index (κ3) is 3.43. The van der Waals surface area contributed by atoms with Gasteiger partial charge in [0.25, 0.3) is 0 Å². The Balaban J connectivity index is 1.47. The summed E-state index contributed by atoms with van der Waals surface area (Å²) in [4.78, 5) is 8.08. The number of aromatic amines is 1. The molecule has 0 fully saturated rings. The lowest BCUT2D eigenvalue weighted by molar-refractivity contribution is 0.488. The van der Waals surface area contributed by atoms with Crippen LogP contribution in [0.4, 0.5) is 0 Å². The number of nitrogens with one attached hydrogen (secondary N) is 2. The highest BCUT2D eigenvalue weighted by Gasteiger charge is 2.13. The van der Waals surface area contributed by atoms with E-state index in [9.17, 15) is 0 Å². The monoisotopic (exact) mass is 361 g/mol. The molecule has 0 aliphatic rings. The van der Waals surface area contributed by atoms with Gasteiger partial charge in [-0.1, -0.05) is 42.5 Å². The number of fused-ring (bicyclic) bond motifs is 1. The van der Waals surface area contributed by atoms with Crippen LogP contribution in [0.5, 0.6) is 0 Å². The van der Waals surface area contributed by atoms with E-state index in [-0.39, 0.29) is 12.1 Å². The van der Waals surface area contributed by atoms with Crippen molar-refractivity contribution in [1.82, 2.24) is 15.3 Å². The zero-order valence-electron chi connectivity index (χ0n) is 15.3. The molecule has 0 saturated carbocycles. The smallest absolute Gasteiger partial charge is 0.0901 e. The summed E-state index contributed by atoms with van der Waals surface area (Å²) in [6, 6.07) is 19.9.